The van der Waals surface area contributed by atoms with Gasteiger partial charge >= 0.3 is 0 Å². The van der Waals surface area contributed by atoms with E-state index in [1.807, 2.05) is 0 Å². The van der Waals surface area contributed by atoms with E-state index >= 15 is 0 Å². The van der Waals surface area contributed by atoms with Crippen molar-refractivity contribution in [3.8, 4) is 0 Å². The van der Waals surface area contributed by atoms with Crippen LogP contribution in [0, 0.1) is 5.92 Å². The fraction of sp³-hybridized carbons (Fsp3) is 0.700. The Kier molecular flexibility index (Phi) is 3.82. The zero-order valence-electron chi connectivity index (χ0n) is 9.08. The topological polar surface area (TPSA) is 66.5 Å². The number of nitrogens with zero attached hydrogens (tertiary/aromatic N) is 1. The van der Waals surface area contributed by atoms with Crippen LogP contribution in [-0.2, 0) is 14.4 Å². The van der Waals surface area contributed by atoms with Crippen molar-refractivity contribution >= 4 is 17.7 Å². The van der Waals surface area contributed by atoms with E-state index in [2.05, 4.69) is 5.32 Å². The van der Waals surface area contributed by atoms with Crippen LogP contribution in [0.5, 0.6) is 0 Å². The fourth-order valence-electron chi connectivity index (χ4n) is 1.52. The van der Waals surface area contributed by atoms with E-state index in [9.17, 15) is 14.4 Å². The van der Waals surface area contributed by atoms with E-state index in [-0.39, 0.29) is 30.2 Å². The lowest BCUT2D eigenvalue weighted by atomic mass is 10.1. The summed E-state index contributed by atoms with van der Waals surface area (Å²) in [5.41, 5.74) is 0. The summed E-state index contributed by atoms with van der Waals surface area (Å²) in [5.74, 6) is -0.550. The highest BCUT2D eigenvalue weighted by Gasteiger charge is 2.34. The highest BCUT2D eigenvalue weighted by atomic mass is 16.2. The van der Waals surface area contributed by atoms with Crippen LogP contribution in [0.15, 0.2) is 0 Å². The highest BCUT2D eigenvalue weighted by Crippen LogP contribution is 2.17. The highest BCUT2D eigenvalue weighted by molar-refractivity contribution is 6.03. The van der Waals surface area contributed by atoms with Gasteiger partial charge in [0.25, 0.3) is 0 Å². The van der Waals surface area contributed by atoms with Crippen molar-refractivity contribution in [3.05, 3.63) is 0 Å². The molecule has 84 valence electrons. The Labute approximate surface area is 88.8 Å². The number of carbonyl (C=O) groups is 3. The minimum Gasteiger partial charge on any atom is -0.354 e. The maximum atomic E-state index is 11.5. The molecule has 1 heterocycles. The van der Waals surface area contributed by atoms with Crippen LogP contribution < -0.4 is 5.32 Å². The first-order valence-electron chi connectivity index (χ1n) is 5.17. The van der Waals surface area contributed by atoms with Crippen LogP contribution in [0.1, 0.15) is 26.7 Å². The number of rotatable bonds is 4. The van der Waals surface area contributed by atoms with E-state index in [0.717, 1.165) is 0 Å². The molecule has 1 N–H and O–H groups in total. The van der Waals surface area contributed by atoms with Crippen LogP contribution in [0.2, 0.25) is 0 Å². The molecule has 0 aliphatic carbocycles. The minimum absolute atomic E-state index is 0.0675. The normalized spacial score (nSPS) is 20.9. The average Bonchev–Trinajstić information content (AvgIpc) is 2.44. The van der Waals surface area contributed by atoms with Crippen molar-refractivity contribution in [3.63, 3.8) is 0 Å². The maximum Gasteiger partial charge on any atom is 0.232 e. The number of likely N-dealkylation sites (tertiary alicyclic amines) is 1. The average molecular weight is 212 g/mol. The Morgan fingerprint density at radius 3 is 2.67 bits per heavy atom. The molecule has 0 aromatic heterocycles. The smallest absolute Gasteiger partial charge is 0.232 e. The van der Waals surface area contributed by atoms with Crippen molar-refractivity contribution in [2.75, 3.05) is 13.1 Å². The van der Waals surface area contributed by atoms with Crippen LogP contribution in [-0.4, -0.2) is 35.7 Å². The lowest BCUT2D eigenvalue weighted by Gasteiger charge is -2.14. The summed E-state index contributed by atoms with van der Waals surface area (Å²) >= 11 is 0. The molecule has 3 amide bonds. The van der Waals surface area contributed by atoms with Crippen molar-refractivity contribution < 1.29 is 14.4 Å². The van der Waals surface area contributed by atoms with Gasteiger partial charge in [-0.15, -0.1) is 0 Å². The second-order valence-corrected chi connectivity index (χ2v) is 3.69. The standard InChI is InChI=1S/C10H16N2O3/c1-3-8(13)11-4-5-12-9(14)6-7(2)10(12)15/h7H,3-6H2,1-2H3,(H,11,13). The summed E-state index contributed by atoms with van der Waals surface area (Å²) < 4.78 is 0. The third-order valence-electron chi connectivity index (χ3n) is 2.45. The molecule has 0 aromatic carbocycles. The third kappa shape index (κ3) is 2.78. The largest absolute Gasteiger partial charge is 0.354 e. The van der Waals surface area contributed by atoms with Crippen LogP contribution in [0.4, 0.5) is 0 Å². The van der Waals surface area contributed by atoms with E-state index in [4.69, 9.17) is 0 Å². The zero-order valence-corrected chi connectivity index (χ0v) is 9.08. The Bertz CT molecular complexity index is 288. The van der Waals surface area contributed by atoms with Gasteiger partial charge in [0.15, 0.2) is 0 Å². The summed E-state index contributed by atoms with van der Waals surface area (Å²) in [5, 5.41) is 2.63. The van der Waals surface area contributed by atoms with Gasteiger partial charge in [-0.25, -0.2) is 0 Å². The molecule has 1 unspecified atom stereocenters. The van der Waals surface area contributed by atoms with Gasteiger partial charge in [-0.2, -0.15) is 0 Å². The lowest BCUT2D eigenvalue weighted by molar-refractivity contribution is -0.139. The summed E-state index contributed by atoms with van der Waals surface area (Å²) in [6.45, 7) is 4.12. The number of amides is 3. The molecule has 1 atom stereocenters. The molecule has 5 heteroatoms. The van der Waals surface area contributed by atoms with Gasteiger partial charge < -0.3 is 5.32 Å². The number of hydrogen-bond donors (Lipinski definition) is 1. The van der Waals surface area contributed by atoms with Crippen molar-refractivity contribution in [1.82, 2.24) is 10.2 Å². The molecular weight excluding hydrogens is 196 g/mol. The Morgan fingerprint density at radius 1 is 1.53 bits per heavy atom. The number of carbonyl (C=O) groups excluding carboxylic acids is 3. The molecule has 1 saturated heterocycles. The van der Waals surface area contributed by atoms with E-state index < -0.39 is 0 Å². The van der Waals surface area contributed by atoms with Gasteiger partial charge in [0, 0.05) is 31.8 Å². The summed E-state index contributed by atoms with van der Waals surface area (Å²) in [6, 6.07) is 0. The molecule has 1 fully saturated rings. The van der Waals surface area contributed by atoms with Crippen LogP contribution in [0.3, 0.4) is 0 Å². The Balaban J connectivity index is 2.36. The summed E-state index contributed by atoms with van der Waals surface area (Å²) in [4.78, 5) is 34.9. The van der Waals surface area contributed by atoms with Crippen LogP contribution >= 0.6 is 0 Å². The molecule has 0 radical (unpaired) electrons. The summed E-state index contributed by atoms with van der Waals surface area (Å²) in [6.07, 6.45) is 0.707. The third-order valence-corrected chi connectivity index (χ3v) is 2.45. The van der Waals surface area contributed by atoms with Gasteiger partial charge in [-0.05, 0) is 0 Å². The van der Waals surface area contributed by atoms with Gasteiger partial charge in [0.1, 0.15) is 0 Å². The zero-order chi connectivity index (χ0) is 11.4. The maximum absolute atomic E-state index is 11.5. The summed E-state index contributed by atoms with van der Waals surface area (Å²) in [7, 11) is 0. The van der Waals surface area contributed by atoms with Gasteiger partial charge in [0.05, 0.1) is 0 Å². The fourth-order valence-corrected chi connectivity index (χ4v) is 1.52. The Morgan fingerprint density at radius 2 is 2.20 bits per heavy atom. The predicted octanol–water partition coefficient (Wildman–Crippen LogP) is -0.0924. The molecule has 1 rings (SSSR count). The van der Waals surface area contributed by atoms with E-state index in [1.165, 1.54) is 4.90 Å². The minimum atomic E-state index is -0.209. The second-order valence-electron chi connectivity index (χ2n) is 3.69. The number of hydrogen-bond acceptors (Lipinski definition) is 3. The first-order valence-corrected chi connectivity index (χ1v) is 5.17. The quantitative estimate of drug-likeness (QED) is 0.662. The molecular formula is C10H16N2O3. The lowest BCUT2D eigenvalue weighted by Crippen LogP contribution is -2.38. The van der Waals surface area contributed by atoms with E-state index in [1.54, 1.807) is 13.8 Å². The van der Waals surface area contributed by atoms with Crippen LogP contribution in [0.25, 0.3) is 0 Å². The molecule has 0 aromatic rings. The second kappa shape index (κ2) is 4.91. The molecule has 1 aliphatic heterocycles. The van der Waals surface area contributed by atoms with Crippen molar-refractivity contribution in [2.45, 2.75) is 26.7 Å². The molecule has 0 saturated carbocycles. The Hall–Kier alpha value is -1.39. The molecule has 15 heavy (non-hydrogen) atoms. The number of imide groups is 1. The SMILES string of the molecule is CCC(=O)NCCN1C(=O)CC(C)C1=O. The monoisotopic (exact) mass is 212 g/mol. The molecule has 1 aliphatic rings. The van der Waals surface area contributed by atoms with Gasteiger partial charge in [-0.1, -0.05) is 13.8 Å². The molecule has 5 nitrogen and oxygen atoms in total. The van der Waals surface area contributed by atoms with Gasteiger partial charge in [-0.3, -0.25) is 19.3 Å². The van der Waals surface area contributed by atoms with E-state index in [0.29, 0.717) is 19.4 Å². The van der Waals surface area contributed by atoms with Gasteiger partial charge in [0.2, 0.25) is 17.7 Å². The number of nitrogens with one attached hydrogen (secondary N) is 1. The first-order chi connectivity index (χ1) is 7.06. The molecule has 0 bridgehead atoms. The predicted molar refractivity (Wildman–Crippen MR) is 53.8 cm³/mol. The van der Waals surface area contributed by atoms with Crippen molar-refractivity contribution in [1.29, 1.82) is 0 Å². The first kappa shape index (κ1) is 11.7. The molecule has 0 spiro atoms. The van der Waals surface area contributed by atoms with Crippen molar-refractivity contribution in [2.24, 2.45) is 5.92 Å².